The number of ketones is 1. The Morgan fingerprint density at radius 3 is 1.26 bits per heavy atom. The molecule has 0 unspecified atom stereocenters. The molecule has 0 fully saturated rings. The minimum Gasteiger partial charge on any atom is -0.481 e. The Hall–Kier alpha value is -0.350. The van der Waals surface area contributed by atoms with Gasteiger partial charge in [0.25, 0.3) is 0 Å². The van der Waals surface area contributed by atoms with Gasteiger partial charge in [0, 0.05) is 32.2 Å². The topological polar surface area (TPSA) is 158 Å². The number of amides is 1. The van der Waals surface area contributed by atoms with Gasteiger partial charge < -0.3 is 20.6 Å². The summed E-state index contributed by atoms with van der Waals surface area (Å²) in [5, 5.41) is 29.6. The molecule has 0 aromatic carbocycles. The molecule has 9 nitrogen and oxygen atoms in total. The van der Waals surface area contributed by atoms with Crippen LogP contribution in [0.4, 0.5) is 0 Å². The van der Waals surface area contributed by atoms with Crippen molar-refractivity contribution in [3.05, 3.63) is 0 Å². The van der Waals surface area contributed by atoms with Gasteiger partial charge in [-0.15, -0.1) is 0 Å². The first-order valence-corrected chi connectivity index (χ1v) is 26.4. The van der Waals surface area contributed by atoms with E-state index in [2.05, 4.69) is 42.9 Å². The summed E-state index contributed by atoms with van der Waals surface area (Å²) >= 11 is 0. The second kappa shape index (κ2) is 46.7. The molecule has 0 saturated carbocycles. The molecule has 0 aromatic heterocycles. The number of carbonyl (C=O) groups excluding carboxylic acids is 2. The number of rotatable bonds is 30. The van der Waals surface area contributed by atoms with Gasteiger partial charge in [0.1, 0.15) is 5.78 Å². The lowest BCUT2D eigenvalue weighted by molar-refractivity contribution is -0.144. The Bertz CT molecular complexity index is 796. The molecule has 0 rings (SSSR count). The number of hydrogen-bond donors (Lipinski definition) is 4. The van der Waals surface area contributed by atoms with Crippen molar-refractivity contribution in [3.8, 4) is 0 Å². The Morgan fingerprint density at radius 2 is 0.900 bits per heavy atom. The average molecular weight is 824 g/mol. The second-order valence-corrected chi connectivity index (χ2v) is 19.5. The van der Waals surface area contributed by atoms with Gasteiger partial charge in [-0.2, -0.15) is 0 Å². The van der Waals surface area contributed by atoms with Gasteiger partial charge in [-0.1, -0.05) is 142 Å². The third kappa shape index (κ3) is 52.0. The summed E-state index contributed by atoms with van der Waals surface area (Å²) in [5.41, 5.74) is 0. The van der Waals surface area contributed by atoms with Crippen molar-refractivity contribution in [1.29, 1.82) is 0 Å². The Kier molecular flexibility index (Phi) is 52.6. The molecule has 0 aliphatic carbocycles. The largest absolute Gasteiger partial charge is 0.481 e. The molecule has 0 aromatic rings. The van der Waals surface area contributed by atoms with Crippen molar-refractivity contribution >= 4 is 94.4 Å². The predicted octanol–water partition coefficient (Wildman–Crippen LogP) is 10.9. The van der Waals surface area contributed by atoms with E-state index >= 15 is 0 Å². The number of carboxylic acid groups (broad SMARTS) is 3. The normalized spacial score (nSPS) is 11.3. The minimum absolute atomic E-state index is 0.0357. The first-order valence-electron chi connectivity index (χ1n) is 17.5. The number of Topliss-reactive ketones (excluding diaryl/α,β-unsaturated/α-hetero) is 1. The number of carbonyl (C=O) groups is 5. The molecule has 0 radical (unpaired) electrons. The zero-order valence-corrected chi connectivity index (χ0v) is 36.7. The van der Waals surface area contributed by atoms with Gasteiger partial charge in [0.05, 0.1) is 11.8 Å². The number of aliphatic carboxylic acids is 3. The molecule has 15 heteroatoms. The van der Waals surface area contributed by atoms with Gasteiger partial charge in [0.15, 0.2) is 0 Å². The maximum Gasteiger partial charge on any atom is 0.306 e. The lowest BCUT2D eigenvalue weighted by atomic mass is 9.94. The summed E-state index contributed by atoms with van der Waals surface area (Å²) in [7, 11) is 10.6. The molecule has 0 aliphatic heterocycles. The van der Waals surface area contributed by atoms with Gasteiger partial charge in [-0.25, -0.2) is 0 Å². The van der Waals surface area contributed by atoms with Crippen LogP contribution < -0.4 is 5.32 Å². The van der Waals surface area contributed by atoms with Crippen LogP contribution in [0.3, 0.4) is 0 Å². The molecule has 50 heavy (non-hydrogen) atoms. The van der Waals surface area contributed by atoms with Crippen LogP contribution in [0.2, 0.25) is 0 Å². The maximum atomic E-state index is 12.2. The average Bonchev–Trinajstić information content (AvgIpc) is 3.09. The Morgan fingerprint density at radius 1 is 0.500 bits per heavy atom. The molecule has 2 atom stereocenters. The maximum absolute atomic E-state index is 12.2. The lowest BCUT2D eigenvalue weighted by Gasteiger charge is -2.12. The van der Waals surface area contributed by atoms with Crippen LogP contribution in [0.15, 0.2) is 0 Å². The SMILES string of the molecule is CSSC.CSSC.CSSC.C[C@@H](CCCCNC(=O)CC[C@H](CC(=O)CCCCCCCCCCCCCCC(=O)O)C(=O)O)C(=O)O. The highest BCUT2D eigenvalue weighted by Gasteiger charge is 2.22. The number of hydrogen-bond acceptors (Lipinski definition) is 11. The highest BCUT2D eigenvalue weighted by Crippen LogP contribution is 2.17. The first-order chi connectivity index (χ1) is 23.9. The van der Waals surface area contributed by atoms with E-state index in [1.54, 1.807) is 71.7 Å². The van der Waals surface area contributed by atoms with E-state index in [1.165, 1.54) is 32.1 Å². The summed E-state index contributed by atoms with van der Waals surface area (Å²) in [4.78, 5) is 57.0. The highest BCUT2D eigenvalue weighted by molar-refractivity contribution is 8.76. The van der Waals surface area contributed by atoms with E-state index in [4.69, 9.17) is 10.2 Å². The van der Waals surface area contributed by atoms with Crippen LogP contribution in [0.1, 0.15) is 135 Å². The van der Waals surface area contributed by atoms with E-state index in [9.17, 15) is 29.1 Å². The zero-order valence-electron chi connectivity index (χ0n) is 31.8. The van der Waals surface area contributed by atoms with Gasteiger partial charge >= 0.3 is 17.9 Å². The smallest absolute Gasteiger partial charge is 0.306 e. The van der Waals surface area contributed by atoms with Crippen molar-refractivity contribution in [1.82, 2.24) is 5.32 Å². The molecule has 298 valence electrons. The van der Waals surface area contributed by atoms with E-state index < -0.39 is 29.7 Å². The molecular formula is C35H69NO8S6. The van der Waals surface area contributed by atoms with Gasteiger partial charge in [-0.3, -0.25) is 24.0 Å². The molecule has 0 saturated heterocycles. The molecule has 0 bridgehead atoms. The molecular weight excluding hydrogens is 755 g/mol. The highest BCUT2D eigenvalue weighted by atomic mass is 33.1. The van der Waals surface area contributed by atoms with E-state index in [-0.39, 0.29) is 37.4 Å². The predicted molar refractivity (Wildman–Crippen MR) is 227 cm³/mol. The van der Waals surface area contributed by atoms with Crippen molar-refractivity contribution in [2.24, 2.45) is 11.8 Å². The van der Waals surface area contributed by atoms with Crippen LogP contribution in [0.25, 0.3) is 0 Å². The van der Waals surface area contributed by atoms with Gasteiger partial charge in [-0.05, 0) is 69.6 Å². The van der Waals surface area contributed by atoms with Gasteiger partial charge in [0.2, 0.25) is 5.91 Å². The third-order valence-electron chi connectivity index (χ3n) is 7.45. The fourth-order valence-corrected chi connectivity index (χ4v) is 4.38. The van der Waals surface area contributed by atoms with E-state index in [0.717, 1.165) is 44.9 Å². The van der Waals surface area contributed by atoms with Crippen molar-refractivity contribution in [3.63, 3.8) is 0 Å². The zero-order chi connectivity index (χ0) is 38.8. The fourth-order valence-electron chi connectivity index (χ4n) is 4.38. The molecule has 0 heterocycles. The lowest BCUT2D eigenvalue weighted by Crippen LogP contribution is -2.26. The summed E-state index contributed by atoms with van der Waals surface area (Å²) in [6, 6.07) is 0. The summed E-state index contributed by atoms with van der Waals surface area (Å²) in [6.45, 7) is 2.08. The summed E-state index contributed by atoms with van der Waals surface area (Å²) < 4.78 is 0. The Balaban J connectivity index is -0.000000754. The second-order valence-electron chi connectivity index (χ2n) is 11.5. The van der Waals surface area contributed by atoms with Crippen LogP contribution in [0.5, 0.6) is 0 Å². The number of nitrogens with one attached hydrogen (secondary N) is 1. The van der Waals surface area contributed by atoms with E-state index in [0.29, 0.717) is 32.2 Å². The quantitative estimate of drug-likeness (QED) is 0.0400. The first kappa shape index (κ1) is 56.4. The number of unbranched alkanes of at least 4 members (excludes halogenated alkanes) is 12. The molecule has 1 amide bonds. The minimum atomic E-state index is -1.05. The van der Waals surface area contributed by atoms with Crippen molar-refractivity contribution in [2.45, 2.75) is 135 Å². The standard InChI is InChI=1S/C29H51NO8.3C2H6S2/c1-23(28(35)36)16-14-15-21-30-26(32)20-19-24(29(37)38)22-25(31)17-12-10-8-6-4-2-3-5-7-9-11-13-18-27(33)34;3*1-3-4-2/h23-24H,2-22H2,1H3,(H,30,32)(H,33,34)(H,35,36)(H,37,38);3*1-2H3/t23-,24+;;;/m0.../s1. The van der Waals surface area contributed by atoms with Crippen molar-refractivity contribution < 1.29 is 39.3 Å². The fraction of sp³-hybridized carbons (Fsp3) is 0.857. The van der Waals surface area contributed by atoms with Crippen molar-refractivity contribution in [2.75, 3.05) is 44.1 Å². The Labute approximate surface area is 328 Å². The third-order valence-corrected chi connectivity index (χ3v) is 11.4. The monoisotopic (exact) mass is 823 g/mol. The van der Waals surface area contributed by atoms with Crippen LogP contribution in [-0.4, -0.2) is 89.0 Å². The summed E-state index contributed by atoms with van der Waals surface area (Å²) in [6.07, 6.45) is 27.8. The van der Waals surface area contributed by atoms with Crippen LogP contribution in [0, 0.1) is 11.8 Å². The molecule has 0 aliphatic rings. The molecule has 0 spiro atoms. The number of carboxylic acids is 3. The van der Waals surface area contributed by atoms with Crippen LogP contribution in [-0.2, 0) is 24.0 Å². The molecule has 4 N–H and O–H groups in total. The summed E-state index contributed by atoms with van der Waals surface area (Å²) in [5.74, 6) is -4.15. The van der Waals surface area contributed by atoms with Crippen LogP contribution >= 0.6 is 64.8 Å². The van der Waals surface area contributed by atoms with E-state index in [1.807, 2.05) is 0 Å².